The lowest BCUT2D eigenvalue weighted by Crippen LogP contribution is -2.30. The fraction of sp³-hybridized carbons (Fsp3) is 0.875. The van der Waals surface area contributed by atoms with Crippen molar-refractivity contribution >= 4 is 17.4 Å². The number of nitrogens with zero attached hydrogens (tertiary/aromatic N) is 1. The second-order valence-electron chi connectivity index (χ2n) is 3.47. The Labute approximate surface area is 73.5 Å². The van der Waals surface area contributed by atoms with E-state index >= 15 is 0 Å². The first kappa shape index (κ1) is 8.78. The minimum Gasteiger partial charge on any atom is -0.469 e. The molecule has 0 N–H and O–H groups in total. The molecular formula is C8H15NOS. The maximum atomic E-state index is 5.24. The molecule has 3 heteroatoms. The molecule has 1 heterocycles. The molecule has 1 aliphatic heterocycles. The average Bonchev–Trinajstić information content (AvgIpc) is 2.18. The Morgan fingerprint density at radius 2 is 2.36 bits per heavy atom. The van der Waals surface area contributed by atoms with Crippen LogP contribution in [0.2, 0.25) is 0 Å². The first-order valence-corrected chi connectivity index (χ1v) is 4.41. The summed E-state index contributed by atoms with van der Waals surface area (Å²) in [5.41, 5.74) is 0. The van der Waals surface area contributed by atoms with Crippen LogP contribution in [0.5, 0.6) is 0 Å². The van der Waals surface area contributed by atoms with Gasteiger partial charge in [0, 0.05) is 7.05 Å². The lowest BCUT2D eigenvalue weighted by molar-refractivity contribution is 0.291. The van der Waals surface area contributed by atoms with Crippen LogP contribution in [0.25, 0.3) is 0 Å². The molecule has 0 radical (unpaired) electrons. The van der Waals surface area contributed by atoms with Crippen LogP contribution in [0.1, 0.15) is 20.3 Å². The van der Waals surface area contributed by atoms with Crippen LogP contribution in [-0.2, 0) is 4.74 Å². The molecule has 0 bridgehead atoms. The maximum Gasteiger partial charge on any atom is 0.259 e. The molecule has 0 spiro atoms. The second kappa shape index (κ2) is 3.39. The average molecular weight is 173 g/mol. The summed E-state index contributed by atoms with van der Waals surface area (Å²) in [6.45, 7) is 5.21. The van der Waals surface area contributed by atoms with Gasteiger partial charge in [-0.2, -0.15) is 0 Å². The molecule has 2 nitrogen and oxygen atoms in total. The lowest BCUT2D eigenvalue weighted by Gasteiger charge is -2.18. The highest BCUT2D eigenvalue weighted by Crippen LogP contribution is 2.16. The number of thiocarbonyl (C=S) groups is 1. The normalized spacial score (nSPS) is 24.5. The summed E-state index contributed by atoms with van der Waals surface area (Å²) in [7, 11) is 2.00. The van der Waals surface area contributed by atoms with Crippen molar-refractivity contribution in [3.63, 3.8) is 0 Å². The van der Waals surface area contributed by atoms with E-state index in [0.29, 0.717) is 17.1 Å². The molecule has 0 aromatic carbocycles. The SMILES string of the molecule is CC(C)C[C@H]1COC(=S)N1C. The highest BCUT2D eigenvalue weighted by atomic mass is 32.1. The third kappa shape index (κ3) is 2.06. The highest BCUT2D eigenvalue weighted by Gasteiger charge is 2.26. The van der Waals surface area contributed by atoms with Gasteiger partial charge in [0.05, 0.1) is 6.04 Å². The minimum absolute atomic E-state index is 0.502. The second-order valence-corrected chi connectivity index (χ2v) is 3.82. The Hall–Kier alpha value is -0.310. The minimum atomic E-state index is 0.502. The van der Waals surface area contributed by atoms with E-state index in [1.807, 2.05) is 7.05 Å². The van der Waals surface area contributed by atoms with Crippen LogP contribution >= 0.6 is 12.2 Å². The molecule has 0 unspecified atom stereocenters. The van der Waals surface area contributed by atoms with E-state index in [1.54, 1.807) is 0 Å². The van der Waals surface area contributed by atoms with Gasteiger partial charge in [0.25, 0.3) is 5.17 Å². The number of ether oxygens (including phenoxy) is 1. The van der Waals surface area contributed by atoms with Crippen molar-refractivity contribution in [1.29, 1.82) is 0 Å². The van der Waals surface area contributed by atoms with Gasteiger partial charge < -0.3 is 9.64 Å². The molecule has 0 amide bonds. The van der Waals surface area contributed by atoms with Gasteiger partial charge in [-0.15, -0.1) is 0 Å². The lowest BCUT2D eigenvalue weighted by atomic mass is 10.0. The van der Waals surface area contributed by atoms with Gasteiger partial charge in [-0.1, -0.05) is 13.8 Å². The fourth-order valence-corrected chi connectivity index (χ4v) is 1.52. The van der Waals surface area contributed by atoms with E-state index < -0.39 is 0 Å². The molecule has 0 aromatic rings. The van der Waals surface area contributed by atoms with Crippen molar-refractivity contribution < 1.29 is 4.74 Å². The molecule has 64 valence electrons. The summed E-state index contributed by atoms with van der Waals surface area (Å²) >= 11 is 4.98. The van der Waals surface area contributed by atoms with Crippen molar-refractivity contribution in [2.45, 2.75) is 26.3 Å². The Bertz CT molecular complexity index is 158. The third-order valence-electron chi connectivity index (χ3n) is 1.98. The van der Waals surface area contributed by atoms with Crippen molar-refractivity contribution in [3.05, 3.63) is 0 Å². The molecule has 11 heavy (non-hydrogen) atoms. The molecule has 1 aliphatic rings. The van der Waals surface area contributed by atoms with Crippen LogP contribution in [0, 0.1) is 5.92 Å². The van der Waals surface area contributed by atoms with Crippen LogP contribution in [0.15, 0.2) is 0 Å². The van der Waals surface area contributed by atoms with Crippen molar-refractivity contribution in [1.82, 2.24) is 4.90 Å². The molecule has 0 aromatic heterocycles. The van der Waals surface area contributed by atoms with E-state index in [0.717, 1.165) is 13.0 Å². The zero-order valence-electron chi connectivity index (χ0n) is 7.33. The molecule has 1 fully saturated rings. The molecule has 1 atom stereocenters. The Morgan fingerprint density at radius 1 is 1.73 bits per heavy atom. The Kier molecular flexibility index (Phi) is 2.71. The number of likely N-dealkylation sites (N-methyl/N-ethyl adjacent to an activating group) is 1. The van der Waals surface area contributed by atoms with E-state index in [9.17, 15) is 0 Å². The standard InChI is InChI=1S/C8H15NOS/c1-6(2)4-7-5-10-8(11)9(7)3/h6-7H,4-5H2,1-3H3/t7-/m0/s1. The van der Waals surface area contributed by atoms with Gasteiger partial charge in [0.1, 0.15) is 6.61 Å². The smallest absolute Gasteiger partial charge is 0.259 e. The highest BCUT2D eigenvalue weighted by molar-refractivity contribution is 7.80. The zero-order valence-corrected chi connectivity index (χ0v) is 8.15. The van der Waals surface area contributed by atoms with Crippen LogP contribution < -0.4 is 0 Å². The van der Waals surface area contributed by atoms with E-state index in [-0.39, 0.29) is 0 Å². The quantitative estimate of drug-likeness (QED) is 0.589. The summed E-state index contributed by atoms with van der Waals surface area (Å²) in [5.74, 6) is 0.715. The fourth-order valence-electron chi connectivity index (χ4n) is 1.30. The topological polar surface area (TPSA) is 12.5 Å². The van der Waals surface area contributed by atoms with Gasteiger partial charge in [-0.3, -0.25) is 0 Å². The third-order valence-corrected chi connectivity index (χ3v) is 2.38. The monoisotopic (exact) mass is 173 g/mol. The summed E-state index contributed by atoms with van der Waals surface area (Å²) in [5, 5.41) is 0.649. The molecular weight excluding hydrogens is 158 g/mol. The predicted molar refractivity (Wildman–Crippen MR) is 49.6 cm³/mol. The van der Waals surface area contributed by atoms with Crippen molar-refractivity contribution in [2.24, 2.45) is 5.92 Å². The van der Waals surface area contributed by atoms with Gasteiger partial charge >= 0.3 is 0 Å². The van der Waals surface area contributed by atoms with Crippen LogP contribution in [-0.4, -0.2) is 29.8 Å². The van der Waals surface area contributed by atoms with E-state index in [2.05, 4.69) is 18.7 Å². The Morgan fingerprint density at radius 3 is 2.73 bits per heavy atom. The summed E-state index contributed by atoms with van der Waals surface area (Å²) in [6.07, 6.45) is 1.16. The van der Waals surface area contributed by atoms with Gasteiger partial charge in [-0.05, 0) is 24.6 Å². The molecule has 0 saturated carbocycles. The van der Waals surface area contributed by atoms with Gasteiger partial charge in [0.15, 0.2) is 0 Å². The summed E-state index contributed by atoms with van der Waals surface area (Å²) in [6, 6.07) is 0.502. The number of rotatable bonds is 2. The van der Waals surface area contributed by atoms with Crippen molar-refractivity contribution in [2.75, 3.05) is 13.7 Å². The summed E-state index contributed by atoms with van der Waals surface area (Å²) < 4.78 is 5.24. The van der Waals surface area contributed by atoms with Crippen LogP contribution in [0.3, 0.4) is 0 Å². The van der Waals surface area contributed by atoms with E-state index in [4.69, 9.17) is 17.0 Å². The van der Waals surface area contributed by atoms with Crippen LogP contribution in [0.4, 0.5) is 0 Å². The first-order valence-electron chi connectivity index (χ1n) is 4.01. The Balaban J connectivity index is 2.42. The zero-order chi connectivity index (χ0) is 8.43. The van der Waals surface area contributed by atoms with Crippen molar-refractivity contribution in [3.8, 4) is 0 Å². The van der Waals surface area contributed by atoms with Gasteiger partial charge in [0.2, 0.25) is 0 Å². The first-order chi connectivity index (χ1) is 5.11. The summed E-state index contributed by atoms with van der Waals surface area (Å²) in [4.78, 5) is 2.05. The van der Waals surface area contributed by atoms with Gasteiger partial charge in [-0.25, -0.2) is 0 Å². The largest absolute Gasteiger partial charge is 0.469 e. The number of hydrogen-bond acceptors (Lipinski definition) is 2. The number of hydrogen-bond donors (Lipinski definition) is 0. The molecule has 1 saturated heterocycles. The maximum absolute atomic E-state index is 5.24. The van der Waals surface area contributed by atoms with E-state index in [1.165, 1.54) is 0 Å². The predicted octanol–water partition coefficient (Wildman–Crippen LogP) is 1.65. The molecule has 0 aliphatic carbocycles. The molecule has 1 rings (SSSR count).